The molecule has 1 aromatic carbocycles. The van der Waals surface area contributed by atoms with Crippen molar-refractivity contribution in [3.8, 4) is 5.75 Å². The number of aliphatic imine (C=N–C) groups is 1. The molecule has 3 N–H and O–H groups in total. The summed E-state index contributed by atoms with van der Waals surface area (Å²) in [5, 5.41) is 16.8. The molecule has 1 aliphatic heterocycles. The Labute approximate surface area is 187 Å². The molecular formula is C19H31F2IN4O3. The molecule has 2 rings (SSSR count). The van der Waals surface area contributed by atoms with Gasteiger partial charge in [-0.15, -0.1) is 24.0 Å². The first-order valence-electron chi connectivity index (χ1n) is 9.52. The van der Waals surface area contributed by atoms with Gasteiger partial charge in [-0.1, -0.05) is 0 Å². The molecule has 29 heavy (non-hydrogen) atoms. The Morgan fingerprint density at radius 1 is 1.28 bits per heavy atom. The quantitative estimate of drug-likeness (QED) is 0.196. The third-order valence-corrected chi connectivity index (χ3v) is 4.14. The van der Waals surface area contributed by atoms with Crippen LogP contribution in [0.4, 0.5) is 8.78 Å². The van der Waals surface area contributed by atoms with Crippen LogP contribution in [-0.4, -0.2) is 80.7 Å². The van der Waals surface area contributed by atoms with Gasteiger partial charge in [0.05, 0.1) is 31.9 Å². The van der Waals surface area contributed by atoms with Gasteiger partial charge in [-0.2, -0.15) is 0 Å². The summed E-state index contributed by atoms with van der Waals surface area (Å²) in [6, 6.07) is 3.41. The van der Waals surface area contributed by atoms with Gasteiger partial charge in [0.1, 0.15) is 12.4 Å². The van der Waals surface area contributed by atoms with E-state index in [0.29, 0.717) is 38.8 Å². The Kier molecular flexibility index (Phi) is 11.7. The van der Waals surface area contributed by atoms with E-state index in [1.807, 2.05) is 6.92 Å². The number of rotatable bonds is 9. The smallest absolute Gasteiger partial charge is 0.191 e. The Bertz CT molecular complexity index is 644. The van der Waals surface area contributed by atoms with Crippen LogP contribution in [0, 0.1) is 11.6 Å². The molecular weight excluding hydrogens is 497 g/mol. The largest absolute Gasteiger partial charge is 0.492 e. The zero-order valence-corrected chi connectivity index (χ0v) is 19.2. The average Bonchev–Trinajstić information content (AvgIpc) is 2.66. The van der Waals surface area contributed by atoms with Crippen LogP contribution in [0.3, 0.4) is 0 Å². The molecule has 0 aliphatic carbocycles. The molecule has 1 saturated heterocycles. The van der Waals surface area contributed by atoms with E-state index in [9.17, 15) is 13.9 Å². The summed E-state index contributed by atoms with van der Waals surface area (Å²) in [4.78, 5) is 6.60. The van der Waals surface area contributed by atoms with Crippen LogP contribution < -0.4 is 15.4 Å². The monoisotopic (exact) mass is 528 g/mol. The van der Waals surface area contributed by atoms with Crippen molar-refractivity contribution in [1.82, 2.24) is 15.5 Å². The van der Waals surface area contributed by atoms with Crippen LogP contribution in [0.25, 0.3) is 0 Å². The number of morpholine rings is 1. The van der Waals surface area contributed by atoms with Gasteiger partial charge < -0.3 is 25.2 Å². The van der Waals surface area contributed by atoms with Crippen molar-refractivity contribution in [2.24, 2.45) is 4.99 Å². The Morgan fingerprint density at radius 3 is 2.66 bits per heavy atom. The number of guanidine groups is 1. The number of halogens is 3. The van der Waals surface area contributed by atoms with Crippen molar-refractivity contribution in [2.75, 3.05) is 59.1 Å². The molecule has 1 unspecified atom stereocenters. The normalized spacial score (nSPS) is 17.2. The Morgan fingerprint density at radius 2 is 2.00 bits per heavy atom. The molecule has 0 amide bonds. The number of benzene rings is 1. The number of ether oxygens (including phenoxy) is 2. The molecule has 1 aliphatic rings. The molecule has 0 radical (unpaired) electrons. The van der Waals surface area contributed by atoms with Gasteiger partial charge in [-0.3, -0.25) is 9.89 Å². The van der Waals surface area contributed by atoms with E-state index < -0.39 is 17.2 Å². The van der Waals surface area contributed by atoms with E-state index in [-0.39, 0.29) is 42.9 Å². The van der Waals surface area contributed by atoms with Crippen LogP contribution in [0.5, 0.6) is 5.75 Å². The maximum atomic E-state index is 13.2. The fraction of sp³-hybridized carbons (Fsp3) is 0.632. The number of hydrogen-bond acceptors (Lipinski definition) is 5. The minimum Gasteiger partial charge on any atom is -0.492 e. The zero-order chi connectivity index (χ0) is 20.4. The van der Waals surface area contributed by atoms with Gasteiger partial charge in [-0.05, 0) is 26.0 Å². The minimum atomic E-state index is -0.957. The lowest BCUT2D eigenvalue weighted by molar-refractivity contribution is -0.0179. The molecule has 0 saturated carbocycles. The highest BCUT2D eigenvalue weighted by Crippen LogP contribution is 2.15. The second kappa shape index (κ2) is 13.1. The fourth-order valence-corrected chi connectivity index (χ4v) is 2.79. The Balaban J connectivity index is 0.00000420. The lowest BCUT2D eigenvalue weighted by Crippen LogP contribution is -2.48. The van der Waals surface area contributed by atoms with Crippen LogP contribution in [0.1, 0.15) is 13.8 Å². The second-order valence-electron chi connectivity index (χ2n) is 6.93. The van der Waals surface area contributed by atoms with Crippen molar-refractivity contribution >= 4 is 29.9 Å². The molecule has 1 heterocycles. The summed E-state index contributed by atoms with van der Waals surface area (Å²) in [6.45, 7) is 8.78. The number of aliphatic hydroxyl groups is 1. The number of nitrogens with one attached hydrogen (secondary N) is 2. The van der Waals surface area contributed by atoms with Crippen molar-refractivity contribution in [3.63, 3.8) is 0 Å². The molecule has 1 aromatic rings. The zero-order valence-electron chi connectivity index (χ0n) is 16.9. The lowest BCUT2D eigenvalue weighted by Gasteiger charge is -2.33. The maximum absolute atomic E-state index is 13.2. The summed E-state index contributed by atoms with van der Waals surface area (Å²) in [5.41, 5.74) is -0.957. The van der Waals surface area contributed by atoms with Gasteiger partial charge in [-0.25, -0.2) is 8.78 Å². The maximum Gasteiger partial charge on any atom is 0.191 e. The van der Waals surface area contributed by atoms with Gasteiger partial charge >= 0.3 is 0 Å². The first-order chi connectivity index (χ1) is 13.4. The van der Waals surface area contributed by atoms with Crippen molar-refractivity contribution < 1.29 is 23.4 Å². The summed E-state index contributed by atoms with van der Waals surface area (Å²) in [5.74, 6) is -1.03. The molecule has 10 heteroatoms. The third-order valence-electron chi connectivity index (χ3n) is 4.14. The summed E-state index contributed by atoms with van der Waals surface area (Å²) >= 11 is 0. The van der Waals surface area contributed by atoms with Crippen molar-refractivity contribution in [1.29, 1.82) is 0 Å². The molecule has 1 atom stereocenters. The van der Waals surface area contributed by atoms with Crippen LogP contribution in [0.2, 0.25) is 0 Å². The lowest BCUT2D eigenvalue weighted by atomic mass is 10.1. The summed E-state index contributed by atoms with van der Waals surface area (Å²) < 4.78 is 36.8. The van der Waals surface area contributed by atoms with E-state index >= 15 is 0 Å². The Hall–Kier alpha value is -1.24. The molecule has 166 valence electrons. The summed E-state index contributed by atoms with van der Waals surface area (Å²) in [6.07, 6.45) is 0. The molecule has 0 aromatic heterocycles. The summed E-state index contributed by atoms with van der Waals surface area (Å²) in [7, 11) is 0. The molecule has 1 fully saturated rings. The number of hydrogen-bond donors (Lipinski definition) is 3. The highest BCUT2D eigenvalue weighted by molar-refractivity contribution is 14.0. The van der Waals surface area contributed by atoms with E-state index in [4.69, 9.17) is 9.47 Å². The highest BCUT2D eigenvalue weighted by atomic mass is 127. The van der Waals surface area contributed by atoms with E-state index in [2.05, 4.69) is 20.5 Å². The third kappa shape index (κ3) is 9.87. The number of nitrogens with zero attached hydrogens (tertiary/aromatic N) is 2. The first-order valence-corrected chi connectivity index (χ1v) is 9.52. The van der Waals surface area contributed by atoms with E-state index in [1.54, 1.807) is 6.92 Å². The molecule has 7 nitrogen and oxygen atoms in total. The SMILES string of the molecule is CCNC(=NCC(C)(O)CN1CCOCC1)NCCOc1ccc(F)c(F)c1.I. The standard InChI is InChI=1S/C19H30F2N4O3.HI/c1-3-22-18(23-6-9-28-15-4-5-16(20)17(21)12-15)24-13-19(2,26)14-25-7-10-27-11-8-25;/h4-5,12,26H,3,6-11,13-14H2,1-2H3,(H2,22,23,24);1H. The highest BCUT2D eigenvalue weighted by Gasteiger charge is 2.25. The average molecular weight is 528 g/mol. The van der Waals surface area contributed by atoms with E-state index in [1.165, 1.54) is 6.07 Å². The van der Waals surface area contributed by atoms with Gasteiger partial charge in [0, 0.05) is 32.2 Å². The second-order valence-corrected chi connectivity index (χ2v) is 6.93. The van der Waals surface area contributed by atoms with Crippen LogP contribution >= 0.6 is 24.0 Å². The van der Waals surface area contributed by atoms with Gasteiger partial charge in [0.2, 0.25) is 0 Å². The van der Waals surface area contributed by atoms with Crippen LogP contribution in [0.15, 0.2) is 23.2 Å². The molecule has 0 spiro atoms. The van der Waals surface area contributed by atoms with E-state index in [0.717, 1.165) is 25.2 Å². The van der Waals surface area contributed by atoms with Crippen molar-refractivity contribution in [3.05, 3.63) is 29.8 Å². The molecule has 0 bridgehead atoms. The van der Waals surface area contributed by atoms with Gasteiger partial charge in [0.15, 0.2) is 17.6 Å². The first kappa shape index (κ1) is 25.8. The number of β-amino-alcohol motifs (C(OH)–C–C–N with tert-alkyl or cyclic N) is 1. The predicted molar refractivity (Wildman–Crippen MR) is 119 cm³/mol. The van der Waals surface area contributed by atoms with Crippen LogP contribution in [-0.2, 0) is 4.74 Å². The topological polar surface area (TPSA) is 78.4 Å². The fourth-order valence-electron chi connectivity index (χ4n) is 2.79. The minimum absolute atomic E-state index is 0. The van der Waals surface area contributed by atoms with Crippen molar-refractivity contribution in [2.45, 2.75) is 19.4 Å². The van der Waals surface area contributed by atoms with Gasteiger partial charge in [0.25, 0.3) is 0 Å². The predicted octanol–water partition coefficient (Wildman–Crippen LogP) is 1.60.